The first-order valence-corrected chi connectivity index (χ1v) is 5.21. The van der Waals surface area contributed by atoms with E-state index in [-0.39, 0.29) is 6.04 Å². The molecule has 1 atom stereocenters. The van der Waals surface area contributed by atoms with Gasteiger partial charge in [-0.3, -0.25) is 0 Å². The summed E-state index contributed by atoms with van der Waals surface area (Å²) in [4.78, 5) is 0. The van der Waals surface area contributed by atoms with Crippen molar-refractivity contribution >= 4 is 0 Å². The van der Waals surface area contributed by atoms with Gasteiger partial charge in [-0.15, -0.1) is 0 Å². The predicted octanol–water partition coefficient (Wildman–Crippen LogP) is 1.66. The highest BCUT2D eigenvalue weighted by Crippen LogP contribution is 2.27. The molecule has 0 saturated carbocycles. The van der Waals surface area contributed by atoms with Gasteiger partial charge in [-0.25, -0.2) is 0 Å². The molecule has 0 spiro atoms. The first-order chi connectivity index (χ1) is 7.10. The third-order valence-corrected chi connectivity index (χ3v) is 2.59. The van der Waals surface area contributed by atoms with E-state index >= 15 is 0 Å². The third-order valence-electron chi connectivity index (χ3n) is 2.59. The van der Waals surface area contributed by atoms with Gasteiger partial charge in [-0.2, -0.15) is 0 Å². The summed E-state index contributed by atoms with van der Waals surface area (Å²) in [6.07, 6.45) is 0.811. The van der Waals surface area contributed by atoms with Crippen molar-refractivity contribution in [1.29, 1.82) is 0 Å². The predicted molar refractivity (Wildman–Crippen MR) is 63.1 cm³/mol. The number of aryl methyl sites for hydroxylation is 2. The van der Waals surface area contributed by atoms with Crippen molar-refractivity contribution in [3.8, 4) is 5.75 Å². The van der Waals surface area contributed by atoms with Crippen molar-refractivity contribution < 1.29 is 4.74 Å². The van der Waals surface area contributed by atoms with Crippen LogP contribution in [-0.4, -0.2) is 13.7 Å². The smallest absolute Gasteiger partial charge is 0.124 e. The van der Waals surface area contributed by atoms with Crippen LogP contribution < -0.4 is 16.2 Å². The Hall–Kier alpha value is -1.06. The summed E-state index contributed by atoms with van der Waals surface area (Å²) in [5, 5.41) is 0. The van der Waals surface area contributed by atoms with E-state index in [0.29, 0.717) is 6.54 Å². The van der Waals surface area contributed by atoms with E-state index in [4.69, 9.17) is 16.2 Å². The van der Waals surface area contributed by atoms with Gasteiger partial charge in [-0.1, -0.05) is 12.1 Å². The molecule has 0 saturated heterocycles. The highest BCUT2D eigenvalue weighted by molar-refractivity contribution is 5.44. The van der Waals surface area contributed by atoms with Gasteiger partial charge in [-0.05, 0) is 43.5 Å². The zero-order chi connectivity index (χ0) is 11.4. The van der Waals surface area contributed by atoms with Crippen LogP contribution in [-0.2, 0) is 0 Å². The van der Waals surface area contributed by atoms with Crippen molar-refractivity contribution in [2.45, 2.75) is 26.3 Å². The van der Waals surface area contributed by atoms with Crippen LogP contribution in [0.4, 0.5) is 0 Å². The van der Waals surface area contributed by atoms with E-state index in [0.717, 1.165) is 28.9 Å². The quantitative estimate of drug-likeness (QED) is 0.791. The Morgan fingerprint density at radius 3 is 2.20 bits per heavy atom. The molecule has 0 radical (unpaired) electrons. The van der Waals surface area contributed by atoms with Gasteiger partial charge in [0.05, 0.1) is 7.11 Å². The second kappa shape index (κ2) is 5.14. The van der Waals surface area contributed by atoms with Crippen LogP contribution in [0.3, 0.4) is 0 Å². The van der Waals surface area contributed by atoms with Crippen LogP contribution in [0.25, 0.3) is 0 Å². The molecule has 0 fully saturated rings. The number of ether oxygens (including phenoxy) is 1. The average molecular weight is 208 g/mol. The molecule has 0 bridgehead atoms. The SMILES string of the molecule is COc1c(C)cc(C(N)CCN)cc1C. The molecule has 0 aliphatic carbocycles. The van der Waals surface area contributed by atoms with Crippen LogP contribution in [0.5, 0.6) is 5.75 Å². The van der Waals surface area contributed by atoms with Crippen molar-refractivity contribution in [3.05, 3.63) is 28.8 Å². The van der Waals surface area contributed by atoms with Gasteiger partial charge < -0.3 is 16.2 Å². The lowest BCUT2D eigenvalue weighted by molar-refractivity contribution is 0.408. The fourth-order valence-electron chi connectivity index (χ4n) is 1.87. The summed E-state index contributed by atoms with van der Waals surface area (Å²) >= 11 is 0. The molecule has 1 aromatic rings. The molecule has 0 aliphatic rings. The molecule has 15 heavy (non-hydrogen) atoms. The Balaban J connectivity index is 3.02. The van der Waals surface area contributed by atoms with Crippen molar-refractivity contribution in [1.82, 2.24) is 0 Å². The second-order valence-corrected chi connectivity index (χ2v) is 3.87. The average Bonchev–Trinajstić information content (AvgIpc) is 2.17. The van der Waals surface area contributed by atoms with Crippen LogP contribution in [0.15, 0.2) is 12.1 Å². The van der Waals surface area contributed by atoms with Crippen LogP contribution in [0.1, 0.15) is 29.2 Å². The van der Waals surface area contributed by atoms with E-state index in [1.165, 1.54) is 0 Å². The first-order valence-electron chi connectivity index (χ1n) is 5.21. The lowest BCUT2D eigenvalue weighted by Gasteiger charge is -2.15. The molecule has 0 heterocycles. The highest BCUT2D eigenvalue weighted by atomic mass is 16.5. The second-order valence-electron chi connectivity index (χ2n) is 3.87. The fraction of sp³-hybridized carbons (Fsp3) is 0.500. The van der Waals surface area contributed by atoms with E-state index in [2.05, 4.69) is 12.1 Å². The molecule has 3 nitrogen and oxygen atoms in total. The van der Waals surface area contributed by atoms with Gasteiger partial charge in [0.1, 0.15) is 5.75 Å². The summed E-state index contributed by atoms with van der Waals surface area (Å²) in [6, 6.07) is 4.18. The molecule has 84 valence electrons. The van der Waals surface area contributed by atoms with E-state index in [1.807, 2.05) is 13.8 Å². The molecule has 0 aromatic heterocycles. The van der Waals surface area contributed by atoms with Gasteiger partial charge >= 0.3 is 0 Å². The molecular weight excluding hydrogens is 188 g/mol. The summed E-state index contributed by atoms with van der Waals surface area (Å²) in [6.45, 7) is 4.68. The van der Waals surface area contributed by atoms with Gasteiger partial charge in [0.25, 0.3) is 0 Å². The molecule has 0 amide bonds. The van der Waals surface area contributed by atoms with Crippen LogP contribution >= 0.6 is 0 Å². The Bertz CT molecular complexity index is 313. The van der Waals surface area contributed by atoms with E-state index < -0.39 is 0 Å². The molecule has 3 heteroatoms. The maximum absolute atomic E-state index is 6.01. The molecule has 1 unspecified atom stereocenters. The maximum atomic E-state index is 6.01. The Kier molecular flexibility index (Phi) is 4.12. The molecule has 1 aromatic carbocycles. The van der Waals surface area contributed by atoms with Gasteiger partial charge in [0.15, 0.2) is 0 Å². The Labute approximate surface area is 91.4 Å². The Morgan fingerprint density at radius 2 is 1.80 bits per heavy atom. The minimum Gasteiger partial charge on any atom is -0.496 e. The zero-order valence-electron chi connectivity index (χ0n) is 9.71. The summed E-state index contributed by atoms with van der Waals surface area (Å²) in [7, 11) is 1.69. The largest absolute Gasteiger partial charge is 0.496 e. The number of rotatable bonds is 4. The maximum Gasteiger partial charge on any atom is 0.124 e. The zero-order valence-corrected chi connectivity index (χ0v) is 9.71. The third kappa shape index (κ3) is 2.70. The minimum atomic E-state index is 0.0262. The lowest BCUT2D eigenvalue weighted by atomic mass is 9.99. The summed E-state index contributed by atoms with van der Waals surface area (Å²) < 4.78 is 5.30. The monoisotopic (exact) mass is 208 g/mol. The lowest BCUT2D eigenvalue weighted by Crippen LogP contribution is -2.15. The molecular formula is C12H20N2O. The first kappa shape index (κ1) is 12.0. The summed E-state index contributed by atoms with van der Waals surface area (Å²) in [5.41, 5.74) is 14.9. The number of benzene rings is 1. The Morgan fingerprint density at radius 1 is 1.27 bits per heavy atom. The topological polar surface area (TPSA) is 61.3 Å². The number of nitrogens with two attached hydrogens (primary N) is 2. The molecule has 0 aliphatic heterocycles. The molecule has 4 N–H and O–H groups in total. The fourth-order valence-corrected chi connectivity index (χ4v) is 1.87. The van der Waals surface area contributed by atoms with Gasteiger partial charge in [0.2, 0.25) is 0 Å². The minimum absolute atomic E-state index is 0.0262. The van der Waals surface area contributed by atoms with E-state index in [9.17, 15) is 0 Å². The summed E-state index contributed by atoms with van der Waals surface area (Å²) in [5.74, 6) is 0.943. The number of hydrogen-bond acceptors (Lipinski definition) is 3. The standard InChI is InChI=1S/C12H20N2O/c1-8-6-10(11(14)4-5-13)7-9(2)12(8)15-3/h6-7,11H,4-5,13-14H2,1-3H3. The van der Waals surface area contributed by atoms with Crippen LogP contribution in [0, 0.1) is 13.8 Å². The molecule has 1 rings (SSSR count). The van der Waals surface area contributed by atoms with Crippen molar-refractivity contribution in [2.24, 2.45) is 11.5 Å². The van der Waals surface area contributed by atoms with Crippen LogP contribution in [0.2, 0.25) is 0 Å². The number of methoxy groups -OCH3 is 1. The number of hydrogen-bond donors (Lipinski definition) is 2. The van der Waals surface area contributed by atoms with Crippen molar-refractivity contribution in [2.75, 3.05) is 13.7 Å². The van der Waals surface area contributed by atoms with Gasteiger partial charge in [0, 0.05) is 6.04 Å². The normalized spacial score (nSPS) is 12.6. The van der Waals surface area contributed by atoms with E-state index in [1.54, 1.807) is 7.11 Å². The van der Waals surface area contributed by atoms with Crippen molar-refractivity contribution in [3.63, 3.8) is 0 Å². The highest BCUT2D eigenvalue weighted by Gasteiger charge is 2.10.